The standard InChI is InChI=1S/C15H11F6N5O2/c1-25-11-9(6-10(23-24-11)14(16,17)15(18,19)20)26(21)12(25)7-4-3-5-8(22-7)13(27)28-2/h3-6,12H,1-2H3. The molecule has 1 unspecified atom stereocenters. The number of hydrogen-bond acceptors (Lipinski definition) is 7. The van der Waals surface area contributed by atoms with Crippen LogP contribution in [0.15, 0.2) is 24.3 Å². The Morgan fingerprint density at radius 2 is 1.86 bits per heavy atom. The zero-order valence-corrected chi connectivity index (χ0v) is 14.2. The number of nitrogens with zero attached hydrogens (tertiary/aromatic N) is 5. The summed E-state index contributed by atoms with van der Waals surface area (Å²) in [5, 5.41) is 6.15. The van der Waals surface area contributed by atoms with Crippen molar-refractivity contribution < 1.29 is 36.0 Å². The number of hydrogen-bond donors (Lipinski definition) is 0. The minimum absolute atomic E-state index is 0.0324. The van der Waals surface area contributed by atoms with Crippen LogP contribution in [-0.2, 0) is 10.7 Å². The number of carbonyl (C=O) groups is 1. The Bertz CT molecular complexity index is 922. The van der Waals surface area contributed by atoms with E-state index in [1.54, 1.807) is 0 Å². The number of ether oxygens (including phenoxy) is 1. The summed E-state index contributed by atoms with van der Waals surface area (Å²) in [4.78, 5) is 16.7. The van der Waals surface area contributed by atoms with Crippen LogP contribution in [0, 0.1) is 0 Å². The fourth-order valence-corrected chi connectivity index (χ4v) is 2.61. The van der Waals surface area contributed by atoms with Crippen molar-refractivity contribution in [2.75, 3.05) is 24.2 Å². The first kappa shape index (κ1) is 19.6. The Balaban J connectivity index is 2.02. The molecule has 28 heavy (non-hydrogen) atoms. The molecule has 0 bridgehead atoms. The molecule has 1 aliphatic heterocycles. The lowest BCUT2D eigenvalue weighted by Gasteiger charge is -2.23. The van der Waals surface area contributed by atoms with Crippen LogP contribution in [0.25, 0.3) is 0 Å². The van der Waals surface area contributed by atoms with Gasteiger partial charge < -0.3 is 9.64 Å². The number of methoxy groups -OCH3 is 1. The molecule has 7 nitrogen and oxygen atoms in total. The van der Waals surface area contributed by atoms with Gasteiger partial charge in [-0.05, 0) is 18.2 Å². The lowest BCUT2D eigenvalue weighted by Crippen LogP contribution is -2.34. The van der Waals surface area contributed by atoms with Crippen LogP contribution in [0.1, 0.15) is 28.0 Å². The molecule has 0 N–H and O–H groups in total. The molecule has 1 aliphatic rings. The van der Waals surface area contributed by atoms with Crippen LogP contribution < -0.4 is 10.0 Å². The number of alkyl halides is 5. The predicted molar refractivity (Wildman–Crippen MR) is 82.3 cm³/mol. The van der Waals surface area contributed by atoms with E-state index in [9.17, 15) is 31.2 Å². The summed E-state index contributed by atoms with van der Waals surface area (Å²) in [5.74, 6) is -6.38. The minimum Gasteiger partial charge on any atom is -0.464 e. The van der Waals surface area contributed by atoms with Gasteiger partial charge in [0.1, 0.15) is 17.1 Å². The highest BCUT2D eigenvalue weighted by atomic mass is 19.4. The van der Waals surface area contributed by atoms with Crippen molar-refractivity contribution in [2.24, 2.45) is 0 Å². The van der Waals surface area contributed by atoms with Crippen molar-refractivity contribution in [1.82, 2.24) is 15.2 Å². The minimum atomic E-state index is -5.92. The number of esters is 1. The first-order valence-corrected chi connectivity index (χ1v) is 7.55. The normalized spacial score (nSPS) is 16.9. The lowest BCUT2D eigenvalue weighted by molar-refractivity contribution is -0.291. The number of rotatable bonds is 3. The maximum Gasteiger partial charge on any atom is 0.459 e. The molecule has 0 spiro atoms. The smallest absolute Gasteiger partial charge is 0.459 e. The predicted octanol–water partition coefficient (Wildman–Crippen LogP) is 3.15. The van der Waals surface area contributed by atoms with E-state index in [2.05, 4.69) is 19.9 Å². The zero-order chi connectivity index (χ0) is 20.9. The molecule has 3 rings (SSSR count). The van der Waals surface area contributed by atoms with Crippen molar-refractivity contribution >= 4 is 17.5 Å². The molecule has 150 valence electrons. The van der Waals surface area contributed by atoms with E-state index in [1.165, 1.54) is 25.2 Å². The molecule has 0 amide bonds. The van der Waals surface area contributed by atoms with Gasteiger partial charge in [-0.3, -0.25) is 0 Å². The quantitative estimate of drug-likeness (QED) is 0.440. The van der Waals surface area contributed by atoms with Crippen LogP contribution in [0.2, 0.25) is 0 Å². The largest absolute Gasteiger partial charge is 0.464 e. The van der Waals surface area contributed by atoms with Gasteiger partial charge in [0, 0.05) is 7.05 Å². The highest BCUT2D eigenvalue weighted by molar-refractivity contribution is 5.87. The van der Waals surface area contributed by atoms with E-state index in [1.807, 2.05) is 0 Å². The van der Waals surface area contributed by atoms with E-state index < -0.39 is 35.6 Å². The van der Waals surface area contributed by atoms with Gasteiger partial charge in [0.25, 0.3) is 0 Å². The molecule has 0 saturated heterocycles. The maximum atomic E-state index is 14.8. The fourth-order valence-electron chi connectivity index (χ4n) is 2.61. The topological polar surface area (TPSA) is 71.5 Å². The number of pyridine rings is 1. The molecule has 0 saturated carbocycles. The van der Waals surface area contributed by atoms with Gasteiger partial charge in [-0.25, -0.2) is 9.78 Å². The number of carbonyl (C=O) groups excluding carboxylic acids is 1. The highest BCUT2D eigenvalue weighted by Crippen LogP contribution is 2.48. The number of halogens is 6. The number of aromatic nitrogens is 3. The van der Waals surface area contributed by atoms with Crippen molar-refractivity contribution in [3.8, 4) is 0 Å². The van der Waals surface area contributed by atoms with Gasteiger partial charge in [0.2, 0.25) is 0 Å². The second-order valence-electron chi connectivity index (χ2n) is 5.75. The zero-order valence-electron chi connectivity index (χ0n) is 14.2. The van der Waals surface area contributed by atoms with Crippen molar-refractivity contribution in [1.29, 1.82) is 0 Å². The number of fused-ring (bicyclic) bond motifs is 1. The summed E-state index contributed by atoms with van der Waals surface area (Å²) in [5.41, 5.74) is -2.57. The summed E-state index contributed by atoms with van der Waals surface area (Å²) >= 11 is 0. The summed E-state index contributed by atoms with van der Waals surface area (Å²) in [6, 6.07) is 4.30. The second kappa shape index (κ2) is 6.49. The number of anilines is 2. The van der Waals surface area contributed by atoms with Crippen LogP contribution in [0.4, 0.5) is 37.9 Å². The van der Waals surface area contributed by atoms with Crippen LogP contribution >= 0.6 is 0 Å². The van der Waals surface area contributed by atoms with E-state index in [-0.39, 0.29) is 28.4 Å². The third kappa shape index (κ3) is 2.96. The molecule has 2 aromatic heterocycles. The highest BCUT2D eigenvalue weighted by Gasteiger charge is 2.60. The average molecular weight is 407 g/mol. The molecule has 0 radical (unpaired) electrons. The van der Waals surface area contributed by atoms with E-state index in [0.29, 0.717) is 0 Å². The average Bonchev–Trinajstić information content (AvgIpc) is 2.90. The fraction of sp³-hybridized carbons (Fsp3) is 0.333. The Morgan fingerprint density at radius 3 is 2.46 bits per heavy atom. The first-order chi connectivity index (χ1) is 13.0. The molecule has 2 aromatic rings. The molecule has 13 heteroatoms. The van der Waals surface area contributed by atoms with E-state index >= 15 is 0 Å². The maximum absolute atomic E-state index is 14.8. The Morgan fingerprint density at radius 1 is 1.18 bits per heavy atom. The van der Waals surface area contributed by atoms with E-state index in [4.69, 9.17) is 0 Å². The third-order valence-corrected chi connectivity index (χ3v) is 4.01. The molecule has 0 aliphatic carbocycles. The third-order valence-electron chi connectivity index (χ3n) is 4.01. The summed E-state index contributed by atoms with van der Waals surface area (Å²) in [6.45, 7) is 0. The van der Waals surface area contributed by atoms with Crippen LogP contribution in [0.3, 0.4) is 0 Å². The Hall–Kier alpha value is -3.12. The van der Waals surface area contributed by atoms with Gasteiger partial charge >= 0.3 is 18.1 Å². The van der Waals surface area contributed by atoms with Crippen LogP contribution in [0.5, 0.6) is 0 Å². The molecular weight excluding hydrogens is 396 g/mol. The SMILES string of the molecule is COC(=O)c1cccc(C2N(C)c3nnc(C(F)(F)C(F)(F)F)cc3N2F)n1. The van der Waals surface area contributed by atoms with Gasteiger partial charge in [0.15, 0.2) is 12.0 Å². The van der Waals surface area contributed by atoms with Gasteiger partial charge in [0.05, 0.1) is 12.8 Å². The van der Waals surface area contributed by atoms with Crippen LogP contribution in [-0.4, -0.2) is 41.5 Å². The summed E-state index contributed by atoms with van der Waals surface area (Å²) in [6.07, 6.45) is -7.29. The van der Waals surface area contributed by atoms with E-state index in [0.717, 1.165) is 12.0 Å². The van der Waals surface area contributed by atoms with Gasteiger partial charge in [-0.15, -0.1) is 10.2 Å². The van der Waals surface area contributed by atoms with Gasteiger partial charge in [-0.2, -0.15) is 27.1 Å². The van der Waals surface area contributed by atoms with Crippen molar-refractivity contribution in [2.45, 2.75) is 18.3 Å². The Labute approximate surface area is 153 Å². The van der Waals surface area contributed by atoms with Crippen molar-refractivity contribution in [3.05, 3.63) is 41.3 Å². The Kier molecular flexibility index (Phi) is 4.55. The lowest BCUT2D eigenvalue weighted by atomic mass is 10.2. The van der Waals surface area contributed by atoms with Crippen molar-refractivity contribution in [3.63, 3.8) is 0 Å². The summed E-state index contributed by atoms with van der Waals surface area (Å²) < 4.78 is 84.0. The molecule has 0 fully saturated rings. The molecular formula is C15H11F6N5O2. The molecule has 1 atom stereocenters. The summed E-state index contributed by atoms with van der Waals surface area (Å²) in [7, 11) is 2.43. The monoisotopic (exact) mass is 407 g/mol. The molecule has 0 aromatic carbocycles. The van der Waals surface area contributed by atoms with Gasteiger partial charge in [-0.1, -0.05) is 10.5 Å². The second-order valence-corrected chi connectivity index (χ2v) is 5.75. The first-order valence-electron chi connectivity index (χ1n) is 7.55. The molecule has 3 heterocycles.